The van der Waals surface area contributed by atoms with E-state index in [0.717, 1.165) is 32.1 Å². The van der Waals surface area contributed by atoms with Gasteiger partial charge in [0.1, 0.15) is 0 Å². The Bertz CT molecular complexity index is 257. The van der Waals surface area contributed by atoms with Crippen molar-refractivity contribution in [2.24, 2.45) is 5.92 Å². The first-order valence-electron chi connectivity index (χ1n) is 6.78. The summed E-state index contributed by atoms with van der Waals surface area (Å²) in [4.78, 5) is 7.27. The van der Waals surface area contributed by atoms with E-state index in [1.807, 2.05) is 0 Å². The molecule has 0 unspecified atom stereocenters. The Morgan fingerprint density at radius 3 is 2.18 bits per heavy atom. The summed E-state index contributed by atoms with van der Waals surface area (Å²) in [5.41, 5.74) is 0. The average molecular weight is 236 g/mol. The van der Waals surface area contributed by atoms with Gasteiger partial charge in [0.15, 0.2) is 0 Å². The zero-order valence-corrected chi connectivity index (χ0v) is 10.9. The van der Waals surface area contributed by atoms with Crippen molar-refractivity contribution in [3.05, 3.63) is 0 Å². The summed E-state index contributed by atoms with van der Waals surface area (Å²) < 4.78 is 0. The van der Waals surface area contributed by atoms with Gasteiger partial charge in [0.05, 0.1) is 12.6 Å². The van der Waals surface area contributed by atoms with Gasteiger partial charge in [-0.1, -0.05) is 0 Å². The van der Waals surface area contributed by atoms with Gasteiger partial charge in [-0.05, 0) is 38.9 Å². The number of nitriles is 1. The van der Waals surface area contributed by atoms with Crippen molar-refractivity contribution in [1.29, 1.82) is 5.26 Å². The van der Waals surface area contributed by atoms with Crippen molar-refractivity contribution in [1.82, 2.24) is 14.7 Å². The van der Waals surface area contributed by atoms with Crippen molar-refractivity contribution < 1.29 is 0 Å². The molecular weight excluding hydrogens is 212 g/mol. The third-order valence-corrected chi connectivity index (χ3v) is 4.11. The fraction of sp³-hybridized carbons (Fsp3) is 0.923. The number of rotatable bonds is 3. The van der Waals surface area contributed by atoms with Crippen LogP contribution in [-0.2, 0) is 0 Å². The summed E-state index contributed by atoms with van der Waals surface area (Å²) >= 11 is 0. The molecule has 0 spiro atoms. The molecule has 2 aliphatic rings. The highest BCUT2D eigenvalue weighted by Crippen LogP contribution is 2.17. The van der Waals surface area contributed by atoms with Gasteiger partial charge in [-0.25, -0.2) is 0 Å². The van der Waals surface area contributed by atoms with Gasteiger partial charge in [0.25, 0.3) is 0 Å². The van der Waals surface area contributed by atoms with Crippen LogP contribution < -0.4 is 0 Å². The Kier molecular flexibility index (Phi) is 4.78. The fourth-order valence-corrected chi connectivity index (χ4v) is 2.84. The summed E-state index contributed by atoms with van der Waals surface area (Å²) in [7, 11) is 2.22. The second-order valence-electron chi connectivity index (χ2n) is 5.48. The number of piperazine rings is 1. The quantitative estimate of drug-likeness (QED) is 0.667. The molecule has 0 aromatic rings. The molecule has 0 atom stereocenters. The van der Waals surface area contributed by atoms with E-state index in [0.29, 0.717) is 6.54 Å². The van der Waals surface area contributed by atoms with Gasteiger partial charge in [0.2, 0.25) is 0 Å². The van der Waals surface area contributed by atoms with E-state index in [-0.39, 0.29) is 0 Å². The lowest BCUT2D eigenvalue weighted by Gasteiger charge is -2.37. The topological polar surface area (TPSA) is 33.5 Å². The van der Waals surface area contributed by atoms with Crippen LogP contribution in [-0.4, -0.2) is 74.1 Å². The molecule has 0 saturated carbocycles. The van der Waals surface area contributed by atoms with Crippen LogP contribution in [0.2, 0.25) is 0 Å². The lowest BCUT2D eigenvalue weighted by Crippen LogP contribution is -2.48. The van der Waals surface area contributed by atoms with Gasteiger partial charge >= 0.3 is 0 Å². The maximum absolute atomic E-state index is 8.66. The minimum atomic E-state index is 0.599. The third-order valence-electron chi connectivity index (χ3n) is 4.11. The van der Waals surface area contributed by atoms with Gasteiger partial charge in [-0.2, -0.15) is 5.26 Å². The van der Waals surface area contributed by atoms with E-state index in [1.54, 1.807) is 0 Å². The van der Waals surface area contributed by atoms with E-state index in [9.17, 15) is 0 Å². The van der Waals surface area contributed by atoms with Crippen molar-refractivity contribution in [3.63, 3.8) is 0 Å². The minimum absolute atomic E-state index is 0.599. The van der Waals surface area contributed by atoms with E-state index >= 15 is 0 Å². The molecule has 0 amide bonds. The number of likely N-dealkylation sites (tertiary alicyclic amines) is 1. The van der Waals surface area contributed by atoms with Crippen LogP contribution in [0.5, 0.6) is 0 Å². The summed E-state index contributed by atoms with van der Waals surface area (Å²) in [5, 5.41) is 8.66. The Balaban J connectivity index is 1.66. The maximum Gasteiger partial charge on any atom is 0.0866 e. The first kappa shape index (κ1) is 12.8. The van der Waals surface area contributed by atoms with Crippen LogP contribution in [0.1, 0.15) is 12.8 Å². The molecule has 2 aliphatic heterocycles. The number of hydrogen-bond donors (Lipinski definition) is 0. The molecule has 0 aliphatic carbocycles. The maximum atomic E-state index is 8.66. The lowest BCUT2D eigenvalue weighted by atomic mass is 9.96. The fourth-order valence-electron chi connectivity index (χ4n) is 2.84. The zero-order chi connectivity index (χ0) is 12.1. The second kappa shape index (κ2) is 6.34. The van der Waals surface area contributed by atoms with Crippen LogP contribution in [0, 0.1) is 17.2 Å². The number of piperidine rings is 1. The predicted octanol–water partition coefficient (Wildman–Crippen LogP) is 0.469. The molecule has 0 radical (unpaired) electrons. The largest absolute Gasteiger partial charge is 0.306 e. The molecule has 2 saturated heterocycles. The summed E-state index contributed by atoms with van der Waals surface area (Å²) in [6, 6.07) is 2.24. The summed E-state index contributed by atoms with van der Waals surface area (Å²) in [6.45, 7) is 8.83. The Hall–Kier alpha value is -0.630. The van der Waals surface area contributed by atoms with Crippen molar-refractivity contribution in [3.8, 4) is 6.07 Å². The molecule has 0 N–H and O–H groups in total. The molecular formula is C13H24N4. The SMILES string of the molecule is CN1CCC(CN2CCN(CC#N)CC2)CC1. The highest BCUT2D eigenvalue weighted by atomic mass is 15.3. The van der Waals surface area contributed by atoms with Crippen LogP contribution in [0.25, 0.3) is 0 Å². The van der Waals surface area contributed by atoms with E-state index in [1.165, 1.54) is 32.5 Å². The molecule has 2 fully saturated rings. The normalized spacial score (nSPS) is 25.9. The summed E-state index contributed by atoms with van der Waals surface area (Å²) in [5.74, 6) is 0.897. The minimum Gasteiger partial charge on any atom is -0.306 e. The van der Waals surface area contributed by atoms with Crippen molar-refractivity contribution in [2.75, 3.05) is 59.4 Å². The molecule has 4 nitrogen and oxygen atoms in total. The van der Waals surface area contributed by atoms with E-state index in [4.69, 9.17) is 5.26 Å². The first-order valence-corrected chi connectivity index (χ1v) is 6.78. The third kappa shape index (κ3) is 3.95. The Labute approximate surface area is 105 Å². The molecule has 17 heavy (non-hydrogen) atoms. The highest BCUT2D eigenvalue weighted by molar-refractivity contribution is 4.82. The van der Waals surface area contributed by atoms with Gasteiger partial charge < -0.3 is 9.80 Å². The van der Waals surface area contributed by atoms with Crippen LogP contribution in [0.15, 0.2) is 0 Å². The standard InChI is InChI=1S/C13H24N4/c1-15-5-2-13(3-6-15)12-17-10-8-16(7-4-14)9-11-17/h13H,2-3,5-12H2,1H3. The zero-order valence-electron chi connectivity index (χ0n) is 10.9. The predicted molar refractivity (Wildman–Crippen MR) is 68.7 cm³/mol. The molecule has 2 rings (SSSR count). The lowest BCUT2D eigenvalue weighted by molar-refractivity contribution is 0.107. The molecule has 96 valence electrons. The van der Waals surface area contributed by atoms with Crippen molar-refractivity contribution >= 4 is 0 Å². The molecule has 2 heterocycles. The summed E-state index contributed by atoms with van der Waals surface area (Å²) in [6.07, 6.45) is 2.71. The van der Waals surface area contributed by atoms with Gasteiger partial charge in [0, 0.05) is 32.7 Å². The van der Waals surface area contributed by atoms with Gasteiger partial charge in [-0.3, -0.25) is 4.90 Å². The van der Waals surface area contributed by atoms with Crippen LogP contribution >= 0.6 is 0 Å². The van der Waals surface area contributed by atoms with E-state index < -0.39 is 0 Å². The van der Waals surface area contributed by atoms with Crippen LogP contribution in [0.3, 0.4) is 0 Å². The highest BCUT2D eigenvalue weighted by Gasteiger charge is 2.22. The van der Waals surface area contributed by atoms with Gasteiger partial charge in [-0.15, -0.1) is 0 Å². The monoisotopic (exact) mass is 236 g/mol. The molecule has 0 aromatic heterocycles. The Morgan fingerprint density at radius 1 is 1.00 bits per heavy atom. The number of hydrogen-bond acceptors (Lipinski definition) is 4. The van der Waals surface area contributed by atoms with Crippen LogP contribution in [0.4, 0.5) is 0 Å². The second-order valence-corrected chi connectivity index (χ2v) is 5.48. The van der Waals surface area contributed by atoms with E-state index in [2.05, 4.69) is 27.8 Å². The first-order chi connectivity index (χ1) is 8.28. The Morgan fingerprint density at radius 2 is 1.59 bits per heavy atom. The smallest absolute Gasteiger partial charge is 0.0866 e. The number of nitrogens with zero attached hydrogens (tertiary/aromatic N) is 4. The average Bonchev–Trinajstić information content (AvgIpc) is 2.35. The van der Waals surface area contributed by atoms with Crippen molar-refractivity contribution in [2.45, 2.75) is 12.8 Å². The molecule has 0 bridgehead atoms. The molecule has 0 aromatic carbocycles. The molecule has 4 heteroatoms.